The molecule has 3 heterocycles. The van der Waals surface area contributed by atoms with Crippen LogP contribution >= 0.6 is 0 Å². The molecule has 2 aromatic heterocycles. The molecular formula is C24H20FNO6S. The Labute approximate surface area is 188 Å². The van der Waals surface area contributed by atoms with Gasteiger partial charge in [-0.15, -0.1) is 0 Å². The third kappa shape index (κ3) is 4.04. The first-order valence-corrected chi connectivity index (χ1v) is 12.3. The van der Waals surface area contributed by atoms with Crippen molar-refractivity contribution in [3.05, 3.63) is 70.0 Å². The lowest BCUT2D eigenvalue weighted by molar-refractivity contribution is -0.121. The molecule has 170 valence electrons. The maximum absolute atomic E-state index is 13.3. The molecular weight excluding hydrogens is 449 g/mol. The van der Waals surface area contributed by atoms with E-state index in [0.717, 1.165) is 16.5 Å². The van der Waals surface area contributed by atoms with Crippen LogP contribution in [0.1, 0.15) is 17.5 Å². The molecule has 33 heavy (non-hydrogen) atoms. The second-order valence-electron chi connectivity index (χ2n) is 8.34. The highest BCUT2D eigenvalue weighted by Gasteiger charge is 2.29. The van der Waals surface area contributed by atoms with E-state index in [9.17, 15) is 22.4 Å². The summed E-state index contributed by atoms with van der Waals surface area (Å²) in [6, 6.07) is 9.05. The lowest BCUT2D eigenvalue weighted by Gasteiger charge is -2.12. The molecule has 2 aromatic carbocycles. The van der Waals surface area contributed by atoms with Crippen molar-refractivity contribution in [2.45, 2.75) is 25.8 Å². The summed E-state index contributed by atoms with van der Waals surface area (Å²) in [5, 5.41) is 4.11. The predicted molar refractivity (Wildman–Crippen MR) is 121 cm³/mol. The third-order valence-electron chi connectivity index (χ3n) is 6.07. The van der Waals surface area contributed by atoms with Crippen LogP contribution in [0, 0.1) is 12.7 Å². The van der Waals surface area contributed by atoms with Crippen LogP contribution in [-0.4, -0.2) is 31.9 Å². The van der Waals surface area contributed by atoms with E-state index in [1.807, 2.05) is 6.07 Å². The lowest BCUT2D eigenvalue weighted by Crippen LogP contribution is -2.37. The minimum atomic E-state index is -3.13. The van der Waals surface area contributed by atoms with Crippen LogP contribution in [0.25, 0.3) is 33.1 Å². The van der Waals surface area contributed by atoms with E-state index in [0.29, 0.717) is 28.5 Å². The molecule has 9 heteroatoms. The van der Waals surface area contributed by atoms with Crippen molar-refractivity contribution in [1.82, 2.24) is 5.32 Å². The molecule has 1 aliphatic rings. The number of carbonyl (C=O) groups is 1. The number of aryl methyl sites for hydroxylation is 1. The Bertz CT molecular complexity index is 1570. The van der Waals surface area contributed by atoms with Crippen LogP contribution in [-0.2, 0) is 21.1 Å². The van der Waals surface area contributed by atoms with Gasteiger partial charge in [0.2, 0.25) is 5.91 Å². The molecule has 1 N–H and O–H groups in total. The molecule has 0 unspecified atom stereocenters. The van der Waals surface area contributed by atoms with Crippen LogP contribution in [0.3, 0.4) is 0 Å². The monoisotopic (exact) mass is 469 g/mol. The quantitative estimate of drug-likeness (QED) is 0.459. The van der Waals surface area contributed by atoms with Crippen molar-refractivity contribution >= 4 is 37.7 Å². The van der Waals surface area contributed by atoms with Gasteiger partial charge in [-0.3, -0.25) is 4.79 Å². The van der Waals surface area contributed by atoms with Gasteiger partial charge in [-0.05, 0) is 42.7 Å². The molecule has 0 bridgehead atoms. The summed E-state index contributed by atoms with van der Waals surface area (Å²) in [6.07, 6.45) is 1.72. The van der Waals surface area contributed by atoms with Crippen LogP contribution in [0.5, 0.6) is 0 Å². The zero-order valence-electron chi connectivity index (χ0n) is 17.7. The molecule has 1 fully saturated rings. The summed E-state index contributed by atoms with van der Waals surface area (Å²) < 4.78 is 47.7. The van der Waals surface area contributed by atoms with Gasteiger partial charge < -0.3 is 14.2 Å². The number of hydrogen-bond acceptors (Lipinski definition) is 6. The minimum absolute atomic E-state index is 0.0478. The first-order chi connectivity index (χ1) is 15.7. The van der Waals surface area contributed by atoms with Crippen molar-refractivity contribution in [3.8, 4) is 11.1 Å². The van der Waals surface area contributed by atoms with E-state index < -0.39 is 27.4 Å². The Morgan fingerprint density at radius 2 is 1.91 bits per heavy atom. The molecule has 1 amide bonds. The highest BCUT2D eigenvalue weighted by atomic mass is 32.2. The summed E-state index contributed by atoms with van der Waals surface area (Å²) in [5.41, 5.74) is 2.57. The molecule has 1 aliphatic heterocycles. The van der Waals surface area contributed by atoms with E-state index in [4.69, 9.17) is 8.83 Å². The minimum Gasteiger partial charge on any atom is -0.464 e. The number of fused-ring (bicyclic) bond motifs is 2. The van der Waals surface area contributed by atoms with Crippen LogP contribution in [0.2, 0.25) is 0 Å². The second kappa shape index (κ2) is 7.84. The van der Waals surface area contributed by atoms with E-state index in [1.165, 1.54) is 12.1 Å². The first-order valence-electron chi connectivity index (χ1n) is 10.4. The van der Waals surface area contributed by atoms with Crippen molar-refractivity contribution in [1.29, 1.82) is 0 Å². The zero-order valence-corrected chi connectivity index (χ0v) is 18.5. The SMILES string of the molecule is Cc1c(CC(=O)N[C@@H]2CCS(=O)(=O)C2)c(=O)oc2cc3occ(-c4ccc(F)cc4)c3cc12. The average Bonchev–Trinajstić information content (AvgIpc) is 3.32. The van der Waals surface area contributed by atoms with Gasteiger partial charge in [-0.25, -0.2) is 17.6 Å². The Morgan fingerprint density at radius 3 is 2.61 bits per heavy atom. The molecule has 7 nitrogen and oxygen atoms in total. The Morgan fingerprint density at radius 1 is 1.15 bits per heavy atom. The number of amides is 1. The molecule has 0 radical (unpaired) electrons. The standard InChI is InChI=1S/C24H20FNO6S/c1-13-17-8-19-20(14-2-4-15(25)5-3-14)11-31-21(19)10-22(17)32-24(28)18(13)9-23(27)26-16-6-7-33(29,30)12-16/h2-5,8,10-11,16H,6-7,9,12H2,1H3,(H,26,27)/t16-/m1/s1. The summed E-state index contributed by atoms with van der Waals surface area (Å²) in [5.74, 6) is -0.808. The van der Waals surface area contributed by atoms with Gasteiger partial charge in [0.25, 0.3) is 0 Å². The molecule has 0 aliphatic carbocycles. The van der Waals surface area contributed by atoms with Crippen molar-refractivity contribution < 1.29 is 26.4 Å². The fourth-order valence-electron chi connectivity index (χ4n) is 4.32. The van der Waals surface area contributed by atoms with Gasteiger partial charge in [-0.2, -0.15) is 0 Å². The maximum atomic E-state index is 13.3. The Hall–Kier alpha value is -3.46. The number of halogens is 1. The number of benzene rings is 2. The summed E-state index contributed by atoms with van der Waals surface area (Å²) >= 11 is 0. The highest BCUT2D eigenvalue weighted by molar-refractivity contribution is 7.91. The topological polar surface area (TPSA) is 107 Å². The fourth-order valence-corrected chi connectivity index (χ4v) is 5.99. The molecule has 0 spiro atoms. The normalized spacial score (nSPS) is 17.6. The average molecular weight is 469 g/mol. The number of nitrogens with one attached hydrogen (secondary N) is 1. The second-order valence-corrected chi connectivity index (χ2v) is 10.6. The summed E-state index contributed by atoms with van der Waals surface area (Å²) in [7, 11) is -3.13. The molecule has 1 atom stereocenters. The number of furan rings is 1. The van der Waals surface area contributed by atoms with Gasteiger partial charge >= 0.3 is 5.63 Å². The van der Waals surface area contributed by atoms with Crippen molar-refractivity contribution in [2.75, 3.05) is 11.5 Å². The third-order valence-corrected chi connectivity index (χ3v) is 7.84. The Kier molecular flexibility index (Phi) is 5.08. The van der Waals surface area contributed by atoms with Crippen LogP contribution in [0.15, 0.2) is 56.3 Å². The van der Waals surface area contributed by atoms with Gasteiger partial charge in [0.05, 0.1) is 29.8 Å². The van der Waals surface area contributed by atoms with E-state index in [1.54, 1.807) is 31.4 Å². The fraction of sp³-hybridized carbons (Fsp3) is 0.250. The molecule has 4 aromatic rings. The molecule has 5 rings (SSSR count). The number of rotatable bonds is 4. The van der Waals surface area contributed by atoms with Crippen molar-refractivity contribution in [2.24, 2.45) is 0 Å². The van der Waals surface area contributed by atoms with Gasteiger partial charge in [0.1, 0.15) is 17.0 Å². The van der Waals surface area contributed by atoms with Crippen LogP contribution in [0.4, 0.5) is 4.39 Å². The van der Waals surface area contributed by atoms with Crippen molar-refractivity contribution in [3.63, 3.8) is 0 Å². The number of hydrogen-bond donors (Lipinski definition) is 1. The molecule has 1 saturated heterocycles. The highest BCUT2D eigenvalue weighted by Crippen LogP contribution is 2.34. The molecule has 0 saturated carbocycles. The first kappa shape index (κ1) is 21.4. The van der Waals surface area contributed by atoms with E-state index in [-0.39, 0.29) is 29.3 Å². The number of carbonyl (C=O) groups excluding carboxylic acids is 1. The predicted octanol–water partition coefficient (Wildman–Crippen LogP) is 3.50. The zero-order chi connectivity index (χ0) is 23.3. The van der Waals surface area contributed by atoms with Crippen LogP contribution < -0.4 is 10.9 Å². The van der Waals surface area contributed by atoms with Gasteiger partial charge in [-0.1, -0.05) is 12.1 Å². The maximum Gasteiger partial charge on any atom is 0.340 e. The van der Waals surface area contributed by atoms with E-state index in [2.05, 4.69) is 5.32 Å². The van der Waals surface area contributed by atoms with E-state index >= 15 is 0 Å². The smallest absolute Gasteiger partial charge is 0.340 e. The summed E-state index contributed by atoms with van der Waals surface area (Å²) in [4.78, 5) is 25.1. The Balaban J connectivity index is 1.51. The lowest BCUT2D eigenvalue weighted by atomic mass is 9.99. The van der Waals surface area contributed by atoms with Gasteiger partial charge in [0.15, 0.2) is 9.84 Å². The summed E-state index contributed by atoms with van der Waals surface area (Å²) in [6.45, 7) is 1.74. The number of sulfone groups is 1. The largest absolute Gasteiger partial charge is 0.464 e. The van der Waals surface area contributed by atoms with Gasteiger partial charge in [0, 0.05) is 28.4 Å².